The summed E-state index contributed by atoms with van der Waals surface area (Å²) < 4.78 is 4.73. The number of pyridine rings is 1. The summed E-state index contributed by atoms with van der Waals surface area (Å²) in [5, 5.41) is 2.86. The highest BCUT2D eigenvalue weighted by molar-refractivity contribution is 6.08. The molecule has 7 heteroatoms. The number of nitrogen functional groups attached to an aromatic ring is 1. The van der Waals surface area contributed by atoms with E-state index in [4.69, 9.17) is 10.5 Å². The van der Waals surface area contributed by atoms with Crippen molar-refractivity contribution in [1.82, 2.24) is 4.98 Å². The van der Waals surface area contributed by atoms with Crippen molar-refractivity contribution in [3.8, 4) is 0 Å². The maximum Gasteiger partial charge on any atom is 0.337 e. The first-order valence-corrected chi connectivity index (χ1v) is 11.6. The van der Waals surface area contributed by atoms with Crippen molar-refractivity contribution in [3.05, 3.63) is 83.0 Å². The van der Waals surface area contributed by atoms with Gasteiger partial charge < -0.3 is 20.7 Å². The van der Waals surface area contributed by atoms with Crippen LogP contribution < -0.4 is 16.0 Å². The fraction of sp³-hybridized carbons (Fsp3) is 0.296. The summed E-state index contributed by atoms with van der Waals surface area (Å²) >= 11 is 0. The van der Waals surface area contributed by atoms with Gasteiger partial charge in [-0.1, -0.05) is 18.2 Å². The average molecular weight is 459 g/mol. The molecule has 0 radical (unpaired) electrons. The van der Waals surface area contributed by atoms with Gasteiger partial charge in [-0.15, -0.1) is 0 Å². The second-order valence-corrected chi connectivity index (χ2v) is 8.51. The predicted molar refractivity (Wildman–Crippen MR) is 134 cm³/mol. The largest absolute Gasteiger partial charge is 0.465 e. The van der Waals surface area contributed by atoms with Gasteiger partial charge in [0.05, 0.1) is 18.2 Å². The zero-order valence-electron chi connectivity index (χ0n) is 19.4. The Morgan fingerprint density at radius 3 is 2.35 bits per heavy atom. The normalized spacial score (nSPS) is 13.4. The molecule has 0 aliphatic carbocycles. The smallest absolute Gasteiger partial charge is 0.337 e. The van der Waals surface area contributed by atoms with Gasteiger partial charge in [-0.05, 0) is 79.6 Å². The summed E-state index contributed by atoms with van der Waals surface area (Å²) in [5.74, 6) is -0.116. The van der Waals surface area contributed by atoms with Crippen LogP contribution in [0.3, 0.4) is 0 Å². The summed E-state index contributed by atoms with van der Waals surface area (Å²) in [7, 11) is 1.37. The van der Waals surface area contributed by atoms with Crippen molar-refractivity contribution in [2.75, 3.05) is 36.1 Å². The van der Waals surface area contributed by atoms with E-state index in [9.17, 15) is 9.59 Å². The van der Waals surface area contributed by atoms with Crippen LogP contribution in [-0.2, 0) is 17.6 Å². The minimum Gasteiger partial charge on any atom is -0.465 e. The van der Waals surface area contributed by atoms with Crippen LogP contribution in [0.4, 0.5) is 17.2 Å². The number of methoxy groups -OCH3 is 1. The van der Waals surface area contributed by atoms with E-state index in [-0.39, 0.29) is 11.9 Å². The summed E-state index contributed by atoms with van der Waals surface area (Å²) in [6.07, 6.45) is 6.97. The number of carbonyl (C=O) groups excluding carboxylic acids is 2. The number of hydrogen-bond donors (Lipinski definition) is 2. The van der Waals surface area contributed by atoms with Crippen LogP contribution >= 0.6 is 0 Å². The number of aryl methyl sites for hydroxylation is 2. The third kappa shape index (κ3) is 5.73. The van der Waals surface area contributed by atoms with Gasteiger partial charge in [0, 0.05) is 30.7 Å². The van der Waals surface area contributed by atoms with Crippen LogP contribution in [0.5, 0.6) is 0 Å². The lowest BCUT2D eigenvalue weighted by molar-refractivity contribution is 0.0600. The summed E-state index contributed by atoms with van der Waals surface area (Å²) in [5.41, 5.74) is 10.8. The van der Waals surface area contributed by atoms with Crippen molar-refractivity contribution in [2.24, 2.45) is 0 Å². The minimum absolute atomic E-state index is 0.262. The Morgan fingerprint density at radius 2 is 1.68 bits per heavy atom. The van der Waals surface area contributed by atoms with Crippen LogP contribution in [0.15, 0.2) is 60.8 Å². The van der Waals surface area contributed by atoms with Gasteiger partial charge in [-0.3, -0.25) is 4.79 Å². The number of esters is 1. The van der Waals surface area contributed by atoms with Crippen molar-refractivity contribution >= 4 is 29.1 Å². The number of rotatable bonds is 7. The van der Waals surface area contributed by atoms with Gasteiger partial charge in [-0.25, -0.2) is 9.78 Å². The Bertz CT molecular complexity index is 1140. The summed E-state index contributed by atoms with van der Waals surface area (Å²) in [6, 6.07) is 16.8. The molecule has 0 atom stereocenters. The van der Waals surface area contributed by atoms with E-state index >= 15 is 0 Å². The van der Waals surface area contributed by atoms with Crippen molar-refractivity contribution in [1.29, 1.82) is 0 Å². The van der Waals surface area contributed by atoms with Gasteiger partial charge in [-0.2, -0.15) is 0 Å². The molecule has 4 rings (SSSR count). The summed E-state index contributed by atoms with van der Waals surface area (Å²) in [6.45, 7) is 2.01. The highest BCUT2D eigenvalue weighted by Crippen LogP contribution is 2.25. The van der Waals surface area contributed by atoms with E-state index in [0.29, 0.717) is 22.6 Å². The molecule has 2 aromatic carbocycles. The molecule has 1 amide bonds. The molecule has 1 aliphatic heterocycles. The first-order chi connectivity index (χ1) is 16.5. The van der Waals surface area contributed by atoms with E-state index in [2.05, 4.69) is 15.2 Å². The number of carbonyl (C=O) groups is 2. The van der Waals surface area contributed by atoms with E-state index < -0.39 is 0 Å². The third-order valence-electron chi connectivity index (χ3n) is 6.15. The quantitative estimate of drug-likeness (QED) is 0.400. The second-order valence-electron chi connectivity index (χ2n) is 8.51. The molecule has 7 nitrogen and oxygen atoms in total. The Hall–Kier alpha value is -3.87. The second kappa shape index (κ2) is 10.8. The molecule has 0 bridgehead atoms. The number of benzene rings is 2. The molecule has 3 N–H and O–H groups in total. The molecule has 3 aromatic rings. The molecule has 0 spiro atoms. The number of ether oxygens (including phenoxy) is 1. The maximum absolute atomic E-state index is 12.9. The zero-order valence-corrected chi connectivity index (χ0v) is 19.4. The van der Waals surface area contributed by atoms with E-state index in [1.54, 1.807) is 30.5 Å². The highest BCUT2D eigenvalue weighted by atomic mass is 16.5. The van der Waals surface area contributed by atoms with Crippen LogP contribution in [0.2, 0.25) is 0 Å². The number of aromatic nitrogens is 1. The minimum atomic E-state index is -0.339. The molecule has 0 saturated carbocycles. The molecule has 1 fully saturated rings. The van der Waals surface area contributed by atoms with Crippen molar-refractivity contribution in [2.45, 2.75) is 32.1 Å². The molecule has 1 aromatic heterocycles. The molecule has 2 heterocycles. The van der Waals surface area contributed by atoms with Gasteiger partial charge in [0.25, 0.3) is 5.91 Å². The number of nitrogens with two attached hydrogens (primary N) is 1. The van der Waals surface area contributed by atoms with Gasteiger partial charge in [0.15, 0.2) is 0 Å². The lowest BCUT2D eigenvalue weighted by atomic mass is 10.0. The number of piperidine rings is 1. The Labute approximate surface area is 199 Å². The third-order valence-corrected chi connectivity index (χ3v) is 6.15. The number of amides is 1. The lowest BCUT2D eigenvalue weighted by Gasteiger charge is -2.29. The summed E-state index contributed by atoms with van der Waals surface area (Å²) in [4.78, 5) is 31.1. The van der Waals surface area contributed by atoms with E-state index in [1.165, 1.54) is 26.4 Å². The first-order valence-electron chi connectivity index (χ1n) is 11.6. The lowest BCUT2D eigenvalue weighted by Crippen LogP contribution is -2.29. The van der Waals surface area contributed by atoms with Crippen LogP contribution in [0, 0.1) is 0 Å². The molecule has 34 heavy (non-hydrogen) atoms. The Balaban J connectivity index is 1.35. The van der Waals surface area contributed by atoms with Gasteiger partial charge >= 0.3 is 5.97 Å². The monoisotopic (exact) mass is 458 g/mol. The van der Waals surface area contributed by atoms with Crippen LogP contribution in [-0.4, -0.2) is 37.1 Å². The standard InChI is InChI=1S/C27H30N4O3/c1-34-27(33)21-10-7-19(8-11-21)5-6-20-9-14-25(29-18-20)30-26(32)23-17-22(12-13-24(23)28)31-15-3-2-4-16-31/h7-14,17-18H,2-6,15-16,28H2,1H3,(H,29,30,32). The fourth-order valence-corrected chi connectivity index (χ4v) is 4.13. The van der Waals surface area contributed by atoms with E-state index in [1.807, 2.05) is 30.3 Å². The Morgan fingerprint density at radius 1 is 0.971 bits per heavy atom. The fourth-order valence-electron chi connectivity index (χ4n) is 4.13. The van der Waals surface area contributed by atoms with Crippen molar-refractivity contribution in [3.63, 3.8) is 0 Å². The number of nitrogens with one attached hydrogen (secondary N) is 1. The topological polar surface area (TPSA) is 97.5 Å². The number of hydrogen-bond acceptors (Lipinski definition) is 6. The molecular formula is C27H30N4O3. The predicted octanol–water partition coefficient (Wildman–Crippen LogP) is 4.48. The molecule has 0 unspecified atom stereocenters. The van der Waals surface area contributed by atoms with Crippen LogP contribution in [0.25, 0.3) is 0 Å². The number of nitrogens with zero attached hydrogens (tertiary/aromatic N) is 2. The number of anilines is 3. The van der Waals surface area contributed by atoms with Crippen molar-refractivity contribution < 1.29 is 14.3 Å². The molecule has 1 aliphatic rings. The molecular weight excluding hydrogens is 428 g/mol. The Kier molecular flexibility index (Phi) is 7.42. The molecule has 1 saturated heterocycles. The van der Waals surface area contributed by atoms with E-state index in [0.717, 1.165) is 42.7 Å². The maximum atomic E-state index is 12.9. The average Bonchev–Trinajstić information content (AvgIpc) is 2.89. The highest BCUT2D eigenvalue weighted by Gasteiger charge is 2.16. The van der Waals surface area contributed by atoms with Crippen LogP contribution in [0.1, 0.15) is 51.1 Å². The van der Waals surface area contributed by atoms with Gasteiger partial charge in [0.2, 0.25) is 0 Å². The van der Waals surface area contributed by atoms with Gasteiger partial charge in [0.1, 0.15) is 5.82 Å². The first kappa shape index (κ1) is 23.3. The SMILES string of the molecule is COC(=O)c1ccc(CCc2ccc(NC(=O)c3cc(N4CCCCC4)ccc3N)nc2)cc1. The zero-order chi connectivity index (χ0) is 23.9. The molecule has 176 valence electrons.